The van der Waals surface area contributed by atoms with E-state index in [1.165, 1.54) is 0 Å². The Bertz CT molecular complexity index is 235. The second-order valence-corrected chi connectivity index (χ2v) is 5.54. The average molecular weight is 241 g/mol. The molecule has 2 N–H and O–H groups in total. The Morgan fingerprint density at radius 1 is 1.35 bits per heavy atom. The molecule has 1 saturated heterocycles. The molecule has 1 amide bonds. The van der Waals surface area contributed by atoms with Crippen molar-refractivity contribution in [2.45, 2.75) is 45.2 Å². The van der Waals surface area contributed by atoms with Gasteiger partial charge in [0.25, 0.3) is 0 Å². The number of carbonyl (C=O) groups excluding carboxylic acids is 1. The van der Waals surface area contributed by atoms with Crippen LogP contribution in [0.15, 0.2) is 0 Å². The Kier molecular flexibility index (Phi) is 5.92. The molecule has 1 fully saturated rings. The molecule has 1 atom stereocenters. The zero-order chi connectivity index (χ0) is 12.8. The van der Waals surface area contributed by atoms with Crippen LogP contribution in [0.2, 0.25) is 0 Å². The lowest BCUT2D eigenvalue weighted by molar-refractivity contribution is -0.123. The first kappa shape index (κ1) is 14.5. The van der Waals surface area contributed by atoms with Gasteiger partial charge in [-0.05, 0) is 45.3 Å². The SMILES string of the molecule is CNC(=O)C(CC(C)C)NC1CCN(C)CC1. The van der Waals surface area contributed by atoms with Crippen LogP contribution in [0.3, 0.4) is 0 Å². The van der Waals surface area contributed by atoms with Crippen LogP contribution >= 0.6 is 0 Å². The Morgan fingerprint density at radius 3 is 2.41 bits per heavy atom. The van der Waals surface area contributed by atoms with E-state index in [-0.39, 0.29) is 11.9 Å². The van der Waals surface area contributed by atoms with Crippen molar-refractivity contribution < 1.29 is 4.79 Å². The van der Waals surface area contributed by atoms with E-state index >= 15 is 0 Å². The van der Waals surface area contributed by atoms with Gasteiger partial charge in [-0.25, -0.2) is 0 Å². The van der Waals surface area contributed by atoms with Gasteiger partial charge >= 0.3 is 0 Å². The number of hydrogen-bond acceptors (Lipinski definition) is 3. The quantitative estimate of drug-likeness (QED) is 0.749. The minimum Gasteiger partial charge on any atom is -0.358 e. The Balaban J connectivity index is 2.45. The summed E-state index contributed by atoms with van der Waals surface area (Å²) in [6.07, 6.45) is 3.19. The number of amides is 1. The fourth-order valence-electron chi connectivity index (χ4n) is 2.36. The van der Waals surface area contributed by atoms with Gasteiger partial charge in [-0.3, -0.25) is 4.79 Å². The first-order chi connectivity index (χ1) is 8.02. The van der Waals surface area contributed by atoms with Gasteiger partial charge in [-0.15, -0.1) is 0 Å². The van der Waals surface area contributed by atoms with E-state index in [2.05, 4.69) is 36.4 Å². The van der Waals surface area contributed by atoms with Crippen molar-refractivity contribution in [1.29, 1.82) is 0 Å². The molecule has 1 unspecified atom stereocenters. The van der Waals surface area contributed by atoms with E-state index in [4.69, 9.17) is 0 Å². The maximum atomic E-state index is 11.8. The Morgan fingerprint density at radius 2 is 1.94 bits per heavy atom. The van der Waals surface area contributed by atoms with Crippen LogP contribution in [0.5, 0.6) is 0 Å². The predicted molar refractivity (Wildman–Crippen MR) is 71.0 cm³/mol. The van der Waals surface area contributed by atoms with Crippen molar-refractivity contribution in [3.05, 3.63) is 0 Å². The molecule has 17 heavy (non-hydrogen) atoms. The third kappa shape index (κ3) is 5.04. The van der Waals surface area contributed by atoms with Gasteiger partial charge in [0.1, 0.15) is 0 Å². The first-order valence-corrected chi connectivity index (χ1v) is 6.69. The zero-order valence-corrected chi connectivity index (χ0v) is 11.6. The molecule has 1 aliphatic heterocycles. The Hall–Kier alpha value is -0.610. The highest BCUT2D eigenvalue weighted by atomic mass is 16.2. The summed E-state index contributed by atoms with van der Waals surface area (Å²) in [4.78, 5) is 14.1. The fourth-order valence-corrected chi connectivity index (χ4v) is 2.36. The van der Waals surface area contributed by atoms with Gasteiger partial charge in [0.2, 0.25) is 5.91 Å². The summed E-state index contributed by atoms with van der Waals surface area (Å²) in [5, 5.41) is 6.28. The average Bonchev–Trinajstić information content (AvgIpc) is 2.29. The first-order valence-electron chi connectivity index (χ1n) is 6.69. The molecular formula is C13H27N3O. The number of hydrogen-bond donors (Lipinski definition) is 2. The van der Waals surface area contributed by atoms with Gasteiger partial charge in [-0.2, -0.15) is 0 Å². The summed E-state index contributed by atoms with van der Waals surface area (Å²) < 4.78 is 0. The lowest BCUT2D eigenvalue weighted by Crippen LogP contribution is -2.51. The molecule has 0 aromatic carbocycles. The molecule has 0 bridgehead atoms. The van der Waals surface area contributed by atoms with Gasteiger partial charge in [-0.1, -0.05) is 13.8 Å². The highest BCUT2D eigenvalue weighted by Crippen LogP contribution is 2.12. The summed E-state index contributed by atoms with van der Waals surface area (Å²) in [6.45, 7) is 6.57. The van der Waals surface area contributed by atoms with Crippen LogP contribution in [0.4, 0.5) is 0 Å². The van der Waals surface area contributed by atoms with E-state index in [1.807, 2.05) is 0 Å². The summed E-state index contributed by atoms with van der Waals surface area (Å²) in [5.74, 6) is 0.661. The number of likely N-dealkylation sites (N-methyl/N-ethyl adjacent to an activating group) is 1. The van der Waals surface area contributed by atoms with Crippen molar-refractivity contribution in [2.75, 3.05) is 27.2 Å². The molecule has 4 nitrogen and oxygen atoms in total. The summed E-state index contributed by atoms with van der Waals surface area (Å²) in [5.41, 5.74) is 0. The second kappa shape index (κ2) is 6.97. The van der Waals surface area contributed by atoms with Gasteiger partial charge in [0.05, 0.1) is 6.04 Å². The lowest BCUT2D eigenvalue weighted by Gasteiger charge is -2.32. The number of piperidine rings is 1. The van der Waals surface area contributed by atoms with Gasteiger partial charge < -0.3 is 15.5 Å². The molecule has 0 aromatic heterocycles. The van der Waals surface area contributed by atoms with Crippen LogP contribution in [0.25, 0.3) is 0 Å². The van der Waals surface area contributed by atoms with Gasteiger partial charge in [0.15, 0.2) is 0 Å². The minimum atomic E-state index is -0.0339. The van der Waals surface area contributed by atoms with Crippen molar-refractivity contribution in [1.82, 2.24) is 15.5 Å². The Labute approximate surface area is 105 Å². The fraction of sp³-hybridized carbons (Fsp3) is 0.923. The van der Waals surface area contributed by atoms with Crippen molar-refractivity contribution in [2.24, 2.45) is 5.92 Å². The monoisotopic (exact) mass is 241 g/mol. The van der Waals surface area contributed by atoms with E-state index in [1.54, 1.807) is 7.05 Å². The molecule has 1 aliphatic rings. The molecule has 1 heterocycles. The maximum absolute atomic E-state index is 11.8. The third-order valence-corrected chi connectivity index (χ3v) is 3.43. The number of rotatable bonds is 5. The molecule has 0 aromatic rings. The van der Waals surface area contributed by atoms with Crippen molar-refractivity contribution >= 4 is 5.91 Å². The number of nitrogens with one attached hydrogen (secondary N) is 2. The molecule has 0 spiro atoms. The maximum Gasteiger partial charge on any atom is 0.236 e. The molecule has 0 radical (unpaired) electrons. The highest BCUT2D eigenvalue weighted by molar-refractivity contribution is 5.81. The van der Waals surface area contributed by atoms with E-state index < -0.39 is 0 Å². The molecule has 0 saturated carbocycles. The molecule has 1 rings (SSSR count). The van der Waals surface area contributed by atoms with Crippen LogP contribution < -0.4 is 10.6 Å². The summed E-state index contributed by atoms with van der Waals surface area (Å²) in [6, 6.07) is 0.459. The van der Waals surface area contributed by atoms with E-state index in [0.717, 1.165) is 32.4 Å². The molecular weight excluding hydrogens is 214 g/mol. The van der Waals surface area contributed by atoms with Crippen LogP contribution in [-0.2, 0) is 4.79 Å². The summed E-state index contributed by atoms with van der Waals surface area (Å²) in [7, 11) is 3.87. The predicted octanol–water partition coefficient (Wildman–Crippen LogP) is 0.831. The molecule has 4 heteroatoms. The van der Waals surface area contributed by atoms with E-state index in [0.29, 0.717) is 12.0 Å². The van der Waals surface area contributed by atoms with Crippen LogP contribution in [0, 0.1) is 5.92 Å². The standard InChI is InChI=1S/C13H27N3O/c1-10(2)9-12(13(17)14-3)15-11-5-7-16(4)8-6-11/h10-12,15H,5-9H2,1-4H3,(H,14,17). The van der Waals surface area contributed by atoms with Gasteiger partial charge in [0, 0.05) is 13.1 Å². The van der Waals surface area contributed by atoms with E-state index in [9.17, 15) is 4.79 Å². The topological polar surface area (TPSA) is 44.4 Å². The summed E-state index contributed by atoms with van der Waals surface area (Å²) >= 11 is 0. The van der Waals surface area contributed by atoms with Crippen molar-refractivity contribution in [3.8, 4) is 0 Å². The molecule has 0 aliphatic carbocycles. The normalized spacial score (nSPS) is 20.5. The largest absolute Gasteiger partial charge is 0.358 e. The van der Waals surface area contributed by atoms with Crippen LogP contribution in [0.1, 0.15) is 33.1 Å². The zero-order valence-electron chi connectivity index (χ0n) is 11.6. The highest BCUT2D eigenvalue weighted by Gasteiger charge is 2.24. The number of nitrogens with zero attached hydrogens (tertiary/aromatic N) is 1. The number of carbonyl (C=O) groups is 1. The van der Waals surface area contributed by atoms with Crippen LogP contribution in [-0.4, -0.2) is 50.1 Å². The molecule has 100 valence electrons. The third-order valence-electron chi connectivity index (χ3n) is 3.43. The second-order valence-electron chi connectivity index (χ2n) is 5.54. The van der Waals surface area contributed by atoms with Crippen molar-refractivity contribution in [3.63, 3.8) is 0 Å². The lowest BCUT2D eigenvalue weighted by atomic mass is 9.99. The minimum absolute atomic E-state index is 0.0339. The smallest absolute Gasteiger partial charge is 0.236 e. The number of likely N-dealkylation sites (tertiary alicyclic amines) is 1.